The number of rotatable bonds is 3. The maximum atomic E-state index is 6.55. The lowest BCUT2D eigenvalue weighted by Crippen LogP contribution is -1.91. The molecule has 0 radical (unpaired) electrons. The van der Waals surface area contributed by atoms with E-state index in [2.05, 4.69) is 133 Å². The smallest absolute Gasteiger partial charge is 0.146 e. The second-order valence-electron chi connectivity index (χ2n) is 12.8. The van der Waals surface area contributed by atoms with Gasteiger partial charge in [-0.2, -0.15) is 0 Å². The maximum Gasteiger partial charge on any atom is 0.146 e. The Morgan fingerprint density at radius 3 is 1.69 bits per heavy atom. The third kappa shape index (κ3) is 3.73. The predicted molar refractivity (Wildman–Crippen MR) is 202 cm³/mol. The largest absolute Gasteiger partial charge is 0.463 e. The molecule has 0 aliphatic carbocycles. The van der Waals surface area contributed by atoms with E-state index in [4.69, 9.17) is 13.3 Å². The first kappa shape index (κ1) is 26.5. The van der Waals surface area contributed by atoms with E-state index in [9.17, 15) is 0 Å². The molecule has 0 saturated heterocycles. The van der Waals surface area contributed by atoms with Crippen molar-refractivity contribution in [3.05, 3.63) is 158 Å². The Kier molecular flexibility index (Phi) is 5.38. The van der Waals surface area contributed by atoms with Crippen LogP contribution in [0.5, 0.6) is 0 Å². The van der Waals surface area contributed by atoms with Gasteiger partial charge in [-0.15, -0.1) is 0 Å². The van der Waals surface area contributed by atoms with E-state index < -0.39 is 0 Å². The summed E-state index contributed by atoms with van der Waals surface area (Å²) < 4.78 is 19.2. The highest BCUT2D eigenvalue weighted by Crippen LogP contribution is 2.49. The van der Waals surface area contributed by atoms with Gasteiger partial charge < -0.3 is 13.3 Å². The maximum absolute atomic E-state index is 6.55. The van der Waals surface area contributed by atoms with Gasteiger partial charge >= 0.3 is 0 Å². The SMILES string of the molecule is c1ccc(-c2coc3c2ccc2oc4cccc(-c5c6ccccc6c(-c6ccc7oc8ccccc8c7c6)c6ccccc56)c4c23)cc1. The summed E-state index contributed by atoms with van der Waals surface area (Å²) in [6.45, 7) is 0. The fraction of sp³-hybridized carbons (Fsp3) is 0. The molecule has 0 saturated carbocycles. The van der Waals surface area contributed by atoms with Crippen LogP contribution in [-0.2, 0) is 0 Å². The van der Waals surface area contributed by atoms with Crippen molar-refractivity contribution in [1.29, 1.82) is 0 Å². The molecule has 0 fully saturated rings. The number of benzene rings is 8. The molecule has 11 rings (SSSR count). The molecule has 0 aliphatic heterocycles. The van der Waals surface area contributed by atoms with Crippen LogP contribution in [-0.4, -0.2) is 0 Å². The highest BCUT2D eigenvalue weighted by Gasteiger charge is 2.23. The first-order chi connectivity index (χ1) is 24.3. The van der Waals surface area contributed by atoms with Crippen LogP contribution >= 0.6 is 0 Å². The number of para-hydroxylation sites is 1. The number of furan rings is 3. The third-order valence-electron chi connectivity index (χ3n) is 10.2. The van der Waals surface area contributed by atoms with E-state index in [-0.39, 0.29) is 0 Å². The minimum absolute atomic E-state index is 0.815. The summed E-state index contributed by atoms with van der Waals surface area (Å²) in [5.74, 6) is 0. The van der Waals surface area contributed by atoms with Crippen LogP contribution in [0.3, 0.4) is 0 Å². The Bertz CT molecular complexity index is 3040. The van der Waals surface area contributed by atoms with Gasteiger partial charge in [0.05, 0.1) is 11.6 Å². The van der Waals surface area contributed by atoms with Crippen molar-refractivity contribution in [2.45, 2.75) is 0 Å². The number of hydrogen-bond donors (Lipinski definition) is 0. The lowest BCUT2D eigenvalue weighted by atomic mass is 9.84. The molecule has 11 aromatic rings. The standard InChI is InChI=1S/C46H26O3/c1-2-11-27(12-3-1)37-26-47-46-34(37)22-24-41-45(46)44-35(18-10-20-40(44)49-41)43-32-16-6-4-14-30(32)42(31-15-5-7-17-33(31)43)28-21-23-39-36(25-28)29-13-8-9-19-38(29)48-39/h1-26H. The normalized spacial score (nSPS) is 12.1. The molecule has 0 bridgehead atoms. The molecular formula is C46H26O3. The van der Waals surface area contributed by atoms with E-state index in [0.717, 1.165) is 77.1 Å². The summed E-state index contributed by atoms with van der Waals surface area (Å²) in [6, 6.07) is 53.4. The van der Waals surface area contributed by atoms with Crippen LogP contribution in [0, 0.1) is 0 Å². The molecule has 228 valence electrons. The monoisotopic (exact) mass is 626 g/mol. The molecule has 8 aromatic carbocycles. The molecule has 3 aromatic heterocycles. The van der Waals surface area contributed by atoms with Crippen LogP contribution in [0.4, 0.5) is 0 Å². The van der Waals surface area contributed by atoms with E-state index >= 15 is 0 Å². The Morgan fingerprint density at radius 1 is 0.327 bits per heavy atom. The molecule has 49 heavy (non-hydrogen) atoms. The molecule has 0 N–H and O–H groups in total. The van der Waals surface area contributed by atoms with Gasteiger partial charge in [0.25, 0.3) is 0 Å². The van der Waals surface area contributed by atoms with Crippen LogP contribution in [0.2, 0.25) is 0 Å². The van der Waals surface area contributed by atoms with E-state index in [1.54, 1.807) is 0 Å². The first-order valence-electron chi connectivity index (χ1n) is 16.6. The van der Waals surface area contributed by atoms with Crippen molar-refractivity contribution in [2.24, 2.45) is 0 Å². The lowest BCUT2D eigenvalue weighted by Gasteiger charge is -2.18. The topological polar surface area (TPSA) is 39.4 Å². The van der Waals surface area contributed by atoms with Crippen molar-refractivity contribution in [1.82, 2.24) is 0 Å². The third-order valence-corrected chi connectivity index (χ3v) is 10.2. The van der Waals surface area contributed by atoms with Gasteiger partial charge in [0.2, 0.25) is 0 Å². The minimum Gasteiger partial charge on any atom is -0.463 e. The van der Waals surface area contributed by atoms with Gasteiger partial charge in [0, 0.05) is 27.1 Å². The van der Waals surface area contributed by atoms with Crippen molar-refractivity contribution in [3.63, 3.8) is 0 Å². The van der Waals surface area contributed by atoms with Crippen molar-refractivity contribution < 1.29 is 13.3 Å². The molecule has 0 unspecified atom stereocenters. The fourth-order valence-electron chi connectivity index (χ4n) is 8.06. The number of fused-ring (bicyclic) bond motifs is 10. The summed E-state index contributed by atoms with van der Waals surface area (Å²) in [5.41, 5.74) is 11.2. The summed E-state index contributed by atoms with van der Waals surface area (Å²) in [7, 11) is 0. The van der Waals surface area contributed by atoms with Gasteiger partial charge in [-0.3, -0.25) is 0 Å². The lowest BCUT2D eigenvalue weighted by molar-refractivity contribution is 0.619. The molecule has 3 heteroatoms. The van der Waals surface area contributed by atoms with Gasteiger partial charge in [0.15, 0.2) is 0 Å². The van der Waals surface area contributed by atoms with Gasteiger partial charge in [-0.05, 0) is 85.8 Å². The minimum atomic E-state index is 0.815. The van der Waals surface area contributed by atoms with Crippen LogP contribution < -0.4 is 0 Å². The molecule has 0 aliphatic rings. The summed E-state index contributed by atoms with van der Waals surface area (Å²) in [4.78, 5) is 0. The average Bonchev–Trinajstić information content (AvgIpc) is 3.87. The summed E-state index contributed by atoms with van der Waals surface area (Å²) >= 11 is 0. The second kappa shape index (κ2) is 9.96. The van der Waals surface area contributed by atoms with Crippen LogP contribution in [0.1, 0.15) is 0 Å². The van der Waals surface area contributed by atoms with Crippen molar-refractivity contribution in [3.8, 4) is 33.4 Å². The Morgan fingerprint density at radius 2 is 0.918 bits per heavy atom. The van der Waals surface area contributed by atoms with E-state index in [0.29, 0.717) is 0 Å². The molecule has 3 nitrogen and oxygen atoms in total. The highest BCUT2D eigenvalue weighted by atomic mass is 16.3. The summed E-state index contributed by atoms with van der Waals surface area (Å²) in [6.07, 6.45) is 1.88. The van der Waals surface area contributed by atoms with Gasteiger partial charge in [-0.25, -0.2) is 0 Å². The molecule has 0 amide bonds. The second-order valence-corrected chi connectivity index (χ2v) is 12.8. The quantitative estimate of drug-likeness (QED) is 0.183. The zero-order valence-electron chi connectivity index (χ0n) is 26.2. The Hall–Kier alpha value is -6.58. The Balaban J connectivity index is 1.24. The molecular weight excluding hydrogens is 601 g/mol. The molecule has 3 heterocycles. The molecule has 0 spiro atoms. The molecule has 0 atom stereocenters. The van der Waals surface area contributed by atoms with Gasteiger partial charge in [0.1, 0.15) is 27.9 Å². The summed E-state index contributed by atoms with van der Waals surface area (Å²) in [5, 5.41) is 10.2. The predicted octanol–water partition coefficient (Wildman–Crippen LogP) is 13.5. The fourth-order valence-corrected chi connectivity index (χ4v) is 8.06. The zero-order valence-corrected chi connectivity index (χ0v) is 26.2. The average molecular weight is 627 g/mol. The van der Waals surface area contributed by atoms with Crippen LogP contribution in [0.15, 0.2) is 171 Å². The Labute approximate surface area is 280 Å². The van der Waals surface area contributed by atoms with Crippen LogP contribution in [0.25, 0.3) is 110 Å². The highest BCUT2D eigenvalue weighted by molar-refractivity contribution is 6.28. The van der Waals surface area contributed by atoms with Crippen molar-refractivity contribution in [2.75, 3.05) is 0 Å². The van der Waals surface area contributed by atoms with E-state index in [1.165, 1.54) is 32.7 Å². The van der Waals surface area contributed by atoms with Gasteiger partial charge in [-0.1, -0.05) is 115 Å². The van der Waals surface area contributed by atoms with Crippen molar-refractivity contribution >= 4 is 76.4 Å². The first-order valence-corrected chi connectivity index (χ1v) is 16.6. The zero-order chi connectivity index (χ0) is 32.1. The van der Waals surface area contributed by atoms with E-state index in [1.807, 2.05) is 24.5 Å². The number of hydrogen-bond acceptors (Lipinski definition) is 3.